The molecule has 0 aliphatic rings. The van der Waals surface area contributed by atoms with Crippen molar-refractivity contribution in [3.63, 3.8) is 0 Å². The number of nitrogens with zero attached hydrogens (tertiary/aromatic N) is 1. The van der Waals surface area contributed by atoms with Crippen LogP contribution in [0.4, 0.5) is 10.1 Å². The van der Waals surface area contributed by atoms with Gasteiger partial charge in [-0.25, -0.2) is 4.39 Å². The van der Waals surface area contributed by atoms with Crippen molar-refractivity contribution in [1.29, 1.82) is 5.26 Å². The Morgan fingerprint density at radius 1 is 1.62 bits per heavy atom. The molecule has 0 fully saturated rings. The van der Waals surface area contributed by atoms with Crippen LogP contribution in [0.3, 0.4) is 0 Å². The standard InChI is InChI=1S/C12H13FN2O/c1-3-8(2)12(16)15-10-4-5-11(13)9(6-10)7-14/h4-6,8H,3H2,1-2H3,(H,15,16). The van der Waals surface area contributed by atoms with Gasteiger partial charge in [0.1, 0.15) is 11.9 Å². The van der Waals surface area contributed by atoms with E-state index in [4.69, 9.17) is 5.26 Å². The quantitative estimate of drug-likeness (QED) is 0.851. The third kappa shape index (κ3) is 2.80. The van der Waals surface area contributed by atoms with E-state index in [0.717, 1.165) is 6.42 Å². The van der Waals surface area contributed by atoms with Gasteiger partial charge in [-0.3, -0.25) is 4.79 Å². The third-order valence-corrected chi connectivity index (χ3v) is 2.41. The molecule has 0 heterocycles. The van der Waals surface area contributed by atoms with Crippen LogP contribution in [0.25, 0.3) is 0 Å². The summed E-state index contributed by atoms with van der Waals surface area (Å²) in [6, 6.07) is 5.67. The summed E-state index contributed by atoms with van der Waals surface area (Å²) in [7, 11) is 0. The van der Waals surface area contributed by atoms with Gasteiger partial charge in [0.05, 0.1) is 5.56 Å². The number of benzene rings is 1. The van der Waals surface area contributed by atoms with Crippen LogP contribution in [0.1, 0.15) is 25.8 Å². The molecule has 1 unspecified atom stereocenters. The van der Waals surface area contributed by atoms with E-state index in [1.165, 1.54) is 18.2 Å². The van der Waals surface area contributed by atoms with Gasteiger partial charge in [0.25, 0.3) is 0 Å². The van der Waals surface area contributed by atoms with Gasteiger partial charge in [-0.1, -0.05) is 13.8 Å². The molecular weight excluding hydrogens is 207 g/mol. The zero-order valence-corrected chi connectivity index (χ0v) is 9.25. The maximum atomic E-state index is 13.0. The predicted octanol–water partition coefficient (Wildman–Crippen LogP) is 2.68. The Kier molecular flexibility index (Phi) is 4.01. The SMILES string of the molecule is CCC(C)C(=O)Nc1ccc(F)c(C#N)c1. The minimum absolute atomic E-state index is 0.0676. The minimum Gasteiger partial charge on any atom is -0.326 e. The van der Waals surface area contributed by atoms with Crippen LogP contribution in [0.5, 0.6) is 0 Å². The average molecular weight is 220 g/mol. The van der Waals surface area contributed by atoms with Crippen molar-refractivity contribution in [2.75, 3.05) is 5.32 Å². The second kappa shape index (κ2) is 5.26. The molecule has 3 nitrogen and oxygen atoms in total. The van der Waals surface area contributed by atoms with E-state index < -0.39 is 5.82 Å². The molecule has 0 spiro atoms. The number of nitriles is 1. The number of carbonyl (C=O) groups excluding carboxylic acids is 1. The van der Waals surface area contributed by atoms with Gasteiger partial charge < -0.3 is 5.32 Å². The molecule has 1 atom stereocenters. The Balaban J connectivity index is 2.83. The first-order valence-corrected chi connectivity index (χ1v) is 5.09. The Bertz CT molecular complexity index is 437. The van der Waals surface area contributed by atoms with E-state index in [1.54, 1.807) is 6.07 Å². The Labute approximate surface area is 93.9 Å². The number of hydrogen-bond acceptors (Lipinski definition) is 2. The average Bonchev–Trinajstić information content (AvgIpc) is 2.30. The number of anilines is 1. The maximum Gasteiger partial charge on any atom is 0.227 e. The lowest BCUT2D eigenvalue weighted by Gasteiger charge is -2.10. The number of amides is 1. The molecule has 0 saturated heterocycles. The van der Waals surface area contributed by atoms with Gasteiger partial charge in [-0.2, -0.15) is 5.26 Å². The number of nitrogens with one attached hydrogen (secondary N) is 1. The Morgan fingerprint density at radius 3 is 2.88 bits per heavy atom. The molecule has 1 amide bonds. The van der Waals surface area contributed by atoms with Crippen LogP contribution in [-0.4, -0.2) is 5.91 Å². The molecule has 84 valence electrons. The van der Waals surface area contributed by atoms with Gasteiger partial charge in [0, 0.05) is 11.6 Å². The summed E-state index contributed by atoms with van der Waals surface area (Å²) in [5.41, 5.74) is 0.380. The van der Waals surface area contributed by atoms with Crippen LogP contribution in [0, 0.1) is 23.1 Å². The molecule has 0 aromatic heterocycles. The first-order chi connectivity index (χ1) is 7.58. The summed E-state index contributed by atoms with van der Waals surface area (Å²) >= 11 is 0. The van der Waals surface area contributed by atoms with Crippen molar-refractivity contribution in [1.82, 2.24) is 0 Å². The smallest absolute Gasteiger partial charge is 0.227 e. The van der Waals surface area contributed by atoms with E-state index in [1.807, 2.05) is 13.8 Å². The Morgan fingerprint density at radius 2 is 2.31 bits per heavy atom. The zero-order valence-electron chi connectivity index (χ0n) is 9.25. The molecule has 0 saturated carbocycles. The van der Waals surface area contributed by atoms with Crippen molar-refractivity contribution in [3.05, 3.63) is 29.6 Å². The van der Waals surface area contributed by atoms with Gasteiger partial charge in [0.2, 0.25) is 5.91 Å². The highest BCUT2D eigenvalue weighted by atomic mass is 19.1. The summed E-state index contributed by atoms with van der Waals surface area (Å²) in [6.07, 6.45) is 0.734. The highest BCUT2D eigenvalue weighted by Gasteiger charge is 2.11. The summed E-state index contributed by atoms with van der Waals surface area (Å²) in [6.45, 7) is 3.72. The topological polar surface area (TPSA) is 52.9 Å². The summed E-state index contributed by atoms with van der Waals surface area (Å²) in [5.74, 6) is -0.808. The molecule has 4 heteroatoms. The van der Waals surface area contributed by atoms with Gasteiger partial charge >= 0.3 is 0 Å². The molecular formula is C12H13FN2O. The van der Waals surface area contributed by atoms with Gasteiger partial charge in [-0.05, 0) is 24.6 Å². The van der Waals surface area contributed by atoms with Crippen LogP contribution >= 0.6 is 0 Å². The molecule has 16 heavy (non-hydrogen) atoms. The number of hydrogen-bond donors (Lipinski definition) is 1. The normalized spacial score (nSPS) is 11.6. The fourth-order valence-corrected chi connectivity index (χ4v) is 1.14. The monoisotopic (exact) mass is 220 g/mol. The molecule has 0 aliphatic carbocycles. The number of carbonyl (C=O) groups is 1. The third-order valence-electron chi connectivity index (χ3n) is 2.41. The summed E-state index contributed by atoms with van der Waals surface area (Å²) < 4.78 is 13.0. The lowest BCUT2D eigenvalue weighted by atomic mass is 10.1. The molecule has 1 N–H and O–H groups in total. The van der Waals surface area contributed by atoms with Crippen molar-refractivity contribution in [2.45, 2.75) is 20.3 Å². The van der Waals surface area contributed by atoms with Gasteiger partial charge in [0.15, 0.2) is 0 Å². The highest BCUT2D eigenvalue weighted by Crippen LogP contribution is 2.15. The first-order valence-electron chi connectivity index (χ1n) is 5.09. The van der Waals surface area contributed by atoms with Crippen LogP contribution < -0.4 is 5.32 Å². The van der Waals surface area contributed by atoms with Crippen LogP contribution in [0.15, 0.2) is 18.2 Å². The molecule has 1 rings (SSSR count). The van der Waals surface area contributed by atoms with Crippen molar-refractivity contribution in [3.8, 4) is 6.07 Å². The Hall–Kier alpha value is -1.89. The molecule has 0 radical (unpaired) electrons. The molecule has 0 bridgehead atoms. The van der Waals surface area contributed by atoms with E-state index >= 15 is 0 Å². The fourth-order valence-electron chi connectivity index (χ4n) is 1.14. The fraction of sp³-hybridized carbons (Fsp3) is 0.333. The number of rotatable bonds is 3. The highest BCUT2D eigenvalue weighted by molar-refractivity contribution is 5.92. The lowest BCUT2D eigenvalue weighted by molar-refractivity contribution is -0.119. The number of halogens is 1. The molecule has 1 aromatic rings. The maximum absolute atomic E-state index is 13.0. The largest absolute Gasteiger partial charge is 0.326 e. The summed E-state index contributed by atoms with van der Waals surface area (Å²) in [4.78, 5) is 11.5. The first kappa shape index (κ1) is 12.2. The van der Waals surface area contributed by atoms with Crippen LogP contribution in [-0.2, 0) is 4.79 Å². The van der Waals surface area contributed by atoms with Crippen LogP contribution in [0.2, 0.25) is 0 Å². The zero-order chi connectivity index (χ0) is 12.1. The molecule has 1 aromatic carbocycles. The lowest BCUT2D eigenvalue weighted by Crippen LogP contribution is -2.19. The van der Waals surface area contributed by atoms with Crippen molar-refractivity contribution < 1.29 is 9.18 Å². The second-order valence-electron chi connectivity index (χ2n) is 3.60. The molecule has 0 aliphatic heterocycles. The van der Waals surface area contributed by atoms with Crippen molar-refractivity contribution in [2.24, 2.45) is 5.92 Å². The second-order valence-corrected chi connectivity index (χ2v) is 3.60. The van der Waals surface area contributed by atoms with Gasteiger partial charge in [-0.15, -0.1) is 0 Å². The minimum atomic E-state index is -0.580. The van der Waals surface area contributed by atoms with E-state index in [2.05, 4.69) is 5.32 Å². The summed E-state index contributed by atoms with van der Waals surface area (Å²) in [5, 5.41) is 11.3. The van der Waals surface area contributed by atoms with E-state index in [9.17, 15) is 9.18 Å². The van der Waals surface area contributed by atoms with Crippen molar-refractivity contribution >= 4 is 11.6 Å². The van der Waals surface area contributed by atoms with E-state index in [0.29, 0.717) is 5.69 Å². The van der Waals surface area contributed by atoms with E-state index in [-0.39, 0.29) is 17.4 Å². The predicted molar refractivity (Wildman–Crippen MR) is 59.2 cm³/mol.